The Morgan fingerprint density at radius 2 is 1.65 bits per heavy atom. The number of ether oxygens (including phenoxy) is 6. The van der Waals surface area contributed by atoms with Crippen molar-refractivity contribution in [1.29, 1.82) is 0 Å². The molecule has 6 rings (SSSR count). The van der Waals surface area contributed by atoms with Crippen molar-refractivity contribution in [3.05, 3.63) is 94.7 Å². The summed E-state index contributed by atoms with van der Waals surface area (Å²) in [5.41, 5.74) is -1.39. The van der Waals surface area contributed by atoms with E-state index >= 15 is 0 Å². The molecule has 8 atom stereocenters. The maximum Gasteiger partial charge on any atom is 0.330 e. The fourth-order valence-corrected chi connectivity index (χ4v) is 5.57. The van der Waals surface area contributed by atoms with Crippen LogP contribution in [0.3, 0.4) is 0 Å². The minimum absolute atomic E-state index is 0.0605. The number of phenolic OH excluding ortho intramolecular Hbond substituents is 4. The van der Waals surface area contributed by atoms with Crippen LogP contribution in [0.15, 0.2) is 83.6 Å². The number of carbonyl (C=O) groups excluding carboxylic acids is 1. The number of aliphatic hydroxyl groups excluding tert-OH is 5. The van der Waals surface area contributed by atoms with Gasteiger partial charge in [0.05, 0.1) is 30.4 Å². The number of allylic oxidation sites excluding steroid dienone is 2. The lowest BCUT2D eigenvalue weighted by atomic mass is 9.97. The van der Waals surface area contributed by atoms with Gasteiger partial charge in [-0.3, -0.25) is 0 Å². The van der Waals surface area contributed by atoms with Crippen LogP contribution in [0.25, 0.3) is 11.8 Å². The normalized spacial score (nSPS) is 30.6. The number of carbonyl (C=O) groups is 1. The van der Waals surface area contributed by atoms with Crippen LogP contribution in [0.5, 0.6) is 23.0 Å². The molecule has 272 valence electrons. The van der Waals surface area contributed by atoms with Crippen LogP contribution in [-0.4, -0.2) is 130 Å². The van der Waals surface area contributed by atoms with Gasteiger partial charge in [-0.15, -0.1) is 0 Å². The number of aromatic hydroxyl groups is 4. The number of hydrogen-bond donors (Lipinski definition) is 10. The highest BCUT2D eigenvalue weighted by Gasteiger charge is 2.53. The average Bonchev–Trinajstić information content (AvgIpc) is 3.37. The van der Waals surface area contributed by atoms with E-state index < -0.39 is 91.7 Å². The molecule has 0 bridgehead atoms. The number of esters is 1. The van der Waals surface area contributed by atoms with Crippen molar-refractivity contribution in [2.75, 3.05) is 19.8 Å². The Bertz CT molecular complexity index is 1830. The largest absolute Gasteiger partial charge is 0.571 e. The van der Waals surface area contributed by atoms with Crippen LogP contribution in [0.4, 0.5) is 0 Å². The van der Waals surface area contributed by atoms with Crippen molar-refractivity contribution in [2.45, 2.75) is 48.7 Å². The van der Waals surface area contributed by atoms with Crippen LogP contribution in [0.2, 0.25) is 0 Å². The molecule has 51 heavy (non-hydrogen) atoms. The van der Waals surface area contributed by atoms with Gasteiger partial charge in [-0.25, -0.2) is 4.79 Å². The van der Waals surface area contributed by atoms with Gasteiger partial charge in [0.25, 0.3) is 0 Å². The predicted molar refractivity (Wildman–Crippen MR) is 170 cm³/mol. The molecular formula is C34H35O17+. The van der Waals surface area contributed by atoms with Gasteiger partial charge in [0.15, 0.2) is 41.0 Å². The predicted octanol–water partition coefficient (Wildman–Crippen LogP) is 0.0964. The Balaban J connectivity index is 1.19. The Hall–Kier alpha value is -5.27. The van der Waals surface area contributed by atoms with Gasteiger partial charge in [-0.05, 0) is 35.9 Å². The summed E-state index contributed by atoms with van der Waals surface area (Å²) in [7, 11) is 0. The van der Waals surface area contributed by atoms with Gasteiger partial charge >= 0.3 is 11.7 Å². The fraction of sp³-hybridized carbons (Fsp3) is 0.324. The molecule has 2 saturated heterocycles. The standard InChI is InChI=1S/C34H34O17/c35-17-9-21(38)18-11-26(29(49-25(18)10-17)16-3-5-20(37)23(40)8-16)50-32-30(28(43)24(41)12-46-32)51-33-31(44)34(45,14-48-33)13-47-27(42)6-2-15-1-4-19(36)22(39)7-15/h1-11,24-25,28,30-33,35-41,43-45H,12-14H2/p+1. The maximum absolute atomic E-state index is 12.3. The smallest absolute Gasteiger partial charge is 0.330 e. The van der Waals surface area contributed by atoms with Crippen LogP contribution >= 0.6 is 0 Å². The molecule has 3 heterocycles. The topological polar surface area (TPSA) is 278 Å². The van der Waals surface area contributed by atoms with E-state index in [0.29, 0.717) is 5.56 Å². The number of benzene rings is 2. The Morgan fingerprint density at radius 3 is 2.37 bits per heavy atom. The number of fused-ring (bicyclic) bond motifs is 1. The molecule has 0 radical (unpaired) electrons. The number of hydrogen-bond acceptors (Lipinski definition) is 16. The fourth-order valence-electron chi connectivity index (χ4n) is 5.57. The first-order chi connectivity index (χ1) is 24.2. The van der Waals surface area contributed by atoms with Gasteiger partial charge in [-0.1, -0.05) is 6.07 Å². The summed E-state index contributed by atoms with van der Waals surface area (Å²) >= 11 is 0. The highest BCUT2D eigenvalue weighted by atomic mass is 16.8. The number of phenols is 4. The quantitative estimate of drug-likeness (QED) is 0.0713. The van der Waals surface area contributed by atoms with E-state index in [1.54, 1.807) is 0 Å². The van der Waals surface area contributed by atoms with Crippen molar-refractivity contribution in [3.63, 3.8) is 0 Å². The molecule has 0 spiro atoms. The van der Waals surface area contributed by atoms with Crippen molar-refractivity contribution in [2.24, 2.45) is 0 Å². The van der Waals surface area contributed by atoms with Crippen LogP contribution in [0, 0.1) is 0 Å². The number of aliphatic hydroxyl groups is 8. The van der Waals surface area contributed by atoms with E-state index in [2.05, 4.69) is 4.74 Å². The second-order valence-electron chi connectivity index (χ2n) is 12.1. The van der Waals surface area contributed by atoms with Crippen molar-refractivity contribution >= 4 is 17.8 Å². The summed E-state index contributed by atoms with van der Waals surface area (Å²) < 4.78 is 32.6. The van der Waals surface area contributed by atoms with Gasteiger partial charge in [0, 0.05) is 24.3 Å². The zero-order chi connectivity index (χ0) is 36.6. The Labute approximate surface area is 288 Å². The first kappa shape index (κ1) is 35.6. The summed E-state index contributed by atoms with van der Waals surface area (Å²) in [4.78, 5) is 12.3. The van der Waals surface area contributed by atoms with Crippen LogP contribution < -0.4 is 0 Å². The van der Waals surface area contributed by atoms with Crippen molar-refractivity contribution < 1.29 is 84.3 Å². The highest BCUT2D eigenvalue weighted by molar-refractivity contribution is 5.87. The molecule has 2 aromatic rings. The third-order valence-corrected chi connectivity index (χ3v) is 8.41. The molecule has 0 amide bonds. The zero-order valence-electron chi connectivity index (χ0n) is 26.4. The van der Waals surface area contributed by atoms with E-state index in [9.17, 15) is 55.9 Å². The lowest BCUT2D eigenvalue weighted by molar-refractivity contribution is -0.307. The first-order valence-corrected chi connectivity index (χ1v) is 15.4. The Kier molecular flexibility index (Phi) is 9.87. The van der Waals surface area contributed by atoms with Gasteiger partial charge in [0.1, 0.15) is 36.4 Å². The molecule has 8 unspecified atom stereocenters. The molecule has 17 nitrogen and oxygen atoms in total. The van der Waals surface area contributed by atoms with Gasteiger partial charge in [0.2, 0.25) is 18.2 Å². The molecule has 4 aliphatic rings. The minimum atomic E-state index is -2.18. The SMILES string of the molecule is O=C(C=Cc1ccc(O)c(O)c1)OCC1(O)COC(OC2C(OC3=C(c4ccc(O)c(O)c4)[OH+]C4C=C(O)C=C(O)C4=C3)OCC(O)C2O)C1O. The molecule has 1 aliphatic carbocycles. The van der Waals surface area contributed by atoms with Crippen LogP contribution in [-0.2, 0) is 28.5 Å². The van der Waals surface area contributed by atoms with E-state index in [-0.39, 0.29) is 39.9 Å². The Morgan fingerprint density at radius 1 is 0.922 bits per heavy atom. The number of rotatable bonds is 9. The third-order valence-electron chi connectivity index (χ3n) is 8.41. The molecule has 2 fully saturated rings. The molecule has 0 saturated carbocycles. The minimum Gasteiger partial charge on any atom is -0.571 e. The summed E-state index contributed by atoms with van der Waals surface area (Å²) in [6.07, 6.45) is -4.66. The van der Waals surface area contributed by atoms with E-state index in [1.165, 1.54) is 54.6 Å². The first-order valence-electron chi connectivity index (χ1n) is 15.4. The molecule has 2 aromatic carbocycles. The van der Waals surface area contributed by atoms with E-state index in [0.717, 1.165) is 12.2 Å². The second kappa shape index (κ2) is 14.2. The van der Waals surface area contributed by atoms with Crippen molar-refractivity contribution in [3.8, 4) is 23.0 Å². The summed E-state index contributed by atoms with van der Waals surface area (Å²) in [6.45, 7) is -1.77. The second-order valence-corrected chi connectivity index (χ2v) is 12.1. The summed E-state index contributed by atoms with van der Waals surface area (Å²) in [5, 5.41) is 103. The molecule has 11 N–H and O–H groups in total. The molecule has 0 aromatic heterocycles. The third kappa shape index (κ3) is 7.45. The molecular weight excluding hydrogens is 680 g/mol. The van der Waals surface area contributed by atoms with E-state index in [1.807, 2.05) is 0 Å². The van der Waals surface area contributed by atoms with Gasteiger partial charge < -0.3 is 79.5 Å². The average molecular weight is 716 g/mol. The summed E-state index contributed by atoms with van der Waals surface area (Å²) in [6, 6.07) is 7.65. The van der Waals surface area contributed by atoms with Crippen molar-refractivity contribution in [1.82, 2.24) is 0 Å². The van der Waals surface area contributed by atoms with Gasteiger partial charge in [-0.2, -0.15) is 0 Å². The monoisotopic (exact) mass is 715 g/mol. The zero-order valence-corrected chi connectivity index (χ0v) is 26.4. The lowest BCUT2D eigenvalue weighted by Gasteiger charge is -2.39. The van der Waals surface area contributed by atoms with E-state index in [4.69, 9.17) is 23.7 Å². The van der Waals surface area contributed by atoms with Crippen LogP contribution in [0.1, 0.15) is 11.1 Å². The lowest BCUT2D eigenvalue weighted by Crippen LogP contribution is -2.57. The highest BCUT2D eigenvalue weighted by Crippen LogP contribution is 2.39. The summed E-state index contributed by atoms with van der Waals surface area (Å²) in [5.74, 6) is -3.19. The maximum atomic E-state index is 12.3. The molecule has 3 aliphatic heterocycles. The molecule has 17 heteroatoms.